The molecular formula is C16H22N4O3. The van der Waals surface area contributed by atoms with Crippen molar-refractivity contribution >= 4 is 5.78 Å². The number of carbonyl (C=O) groups is 1. The molecule has 2 unspecified atom stereocenters. The molecule has 0 spiro atoms. The fourth-order valence-electron chi connectivity index (χ4n) is 5.06. The van der Waals surface area contributed by atoms with E-state index in [1.165, 1.54) is 0 Å². The molecule has 7 heteroatoms. The normalized spacial score (nSPS) is 41.5. The third kappa shape index (κ3) is 1.80. The van der Waals surface area contributed by atoms with Gasteiger partial charge in [0.05, 0.1) is 22.6 Å². The van der Waals surface area contributed by atoms with Crippen LogP contribution in [0.25, 0.3) is 0 Å². The number of hydrogen-bond acceptors (Lipinski definition) is 5. The van der Waals surface area contributed by atoms with Gasteiger partial charge >= 0.3 is 5.69 Å². The third-order valence-corrected chi connectivity index (χ3v) is 5.95. The average Bonchev–Trinajstić information content (AvgIpc) is 2.45. The molecule has 2 N–H and O–H groups in total. The predicted molar refractivity (Wildman–Crippen MR) is 84.1 cm³/mol. The second kappa shape index (κ2) is 4.42. The van der Waals surface area contributed by atoms with Crippen molar-refractivity contribution in [3.05, 3.63) is 32.1 Å². The van der Waals surface area contributed by atoms with Crippen molar-refractivity contribution in [3.63, 3.8) is 0 Å². The maximum absolute atomic E-state index is 12.9. The molecule has 4 saturated heterocycles. The van der Waals surface area contributed by atoms with Crippen LogP contribution in [0.3, 0.4) is 0 Å². The summed E-state index contributed by atoms with van der Waals surface area (Å²) in [6.07, 6.45) is 0.665. The number of carbonyl (C=O) groups excluding carboxylic acids is 1. The first-order valence-corrected chi connectivity index (χ1v) is 8.16. The molecule has 5 heterocycles. The zero-order chi connectivity index (χ0) is 16.6. The number of H-pyrrole nitrogens is 2. The minimum atomic E-state index is -0.475. The maximum atomic E-state index is 12.9. The van der Waals surface area contributed by atoms with Crippen molar-refractivity contribution in [3.8, 4) is 0 Å². The van der Waals surface area contributed by atoms with Gasteiger partial charge in [0.15, 0.2) is 0 Å². The summed E-state index contributed by atoms with van der Waals surface area (Å²) in [6.45, 7) is 8.61. The number of piperidine rings is 2. The van der Waals surface area contributed by atoms with Crippen molar-refractivity contribution < 1.29 is 4.79 Å². The molecular weight excluding hydrogens is 296 g/mol. The summed E-state index contributed by atoms with van der Waals surface area (Å²) in [6, 6.07) is 0. The number of aromatic nitrogens is 2. The molecule has 0 aromatic carbocycles. The minimum Gasteiger partial charge on any atom is -0.311 e. The lowest BCUT2D eigenvalue weighted by molar-refractivity contribution is -0.201. The van der Waals surface area contributed by atoms with E-state index in [9.17, 15) is 14.4 Å². The summed E-state index contributed by atoms with van der Waals surface area (Å²) in [5.74, 6) is 0.380. The van der Waals surface area contributed by atoms with Gasteiger partial charge in [-0.1, -0.05) is 13.8 Å². The standard InChI is InChI=1S/C16H22N4O3/c1-4-16-7-19-5-15(3,13(16)22)6-20(8-16)12(19)10-9(2)17-14(23)18-11(10)21/h12H,4-8H2,1-3H3,(H2,17,18,21,23). The van der Waals surface area contributed by atoms with E-state index < -0.39 is 5.69 Å². The third-order valence-electron chi connectivity index (χ3n) is 5.95. The highest BCUT2D eigenvalue weighted by atomic mass is 16.2. The van der Waals surface area contributed by atoms with Gasteiger partial charge in [-0.05, 0) is 13.3 Å². The fourth-order valence-corrected chi connectivity index (χ4v) is 5.06. The lowest BCUT2D eigenvalue weighted by Crippen LogP contribution is -2.76. The van der Waals surface area contributed by atoms with Crippen LogP contribution < -0.4 is 11.2 Å². The molecule has 5 rings (SSSR count). The Morgan fingerprint density at radius 2 is 1.70 bits per heavy atom. The molecule has 124 valence electrons. The molecule has 0 amide bonds. The van der Waals surface area contributed by atoms with E-state index in [0.29, 0.717) is 43.2 Å². The zero-order valence-corrected chi connectivity index (χ0v) is 13.7. The van der Waals surface area contributed by atoms with E-state index in [4.69, 9.17) is 0 Å². The van der Waals surface area contributed by atoms with Crippen LogP contribution >= 0.6 is 0 Å². The van der Waals surface area contributed by atoms with Crippen LogP contribution in [0.4, 0.5) is 0 Å². The largest absolute Gasteiger partial charge is 0.325 e. The Kier molecular flexibility index (Phi) is 2.85. The predicted octanol–water partition coefficient (Wildman–Crippen LogP) is -0.0132. The van der Waals surface area contributed by atoms with Gasteiger partial charge in [0.1, 0.15) is 5.78 Å². The topological polar surface area (TPSA) is 89.3 Å². The molecule has 4 aliphatic heterocycles. The molecule has 0 aliphatic carbocycles. The van der Waals surface area contributed by atoms with E-state index in [1.54, 1.807) is 6.92 Å². The minimum absolute atomic E-state index is 0.156. The monoisotopic (exact) mass is 318 g/mol. The number of nitrogens with one attached hydrogen (secondary N) is 2. The van der Waals surface area contributed by atoms with Crippen LogP contribution in [0.15, 0.2) is 9.59 Å². The van der Waals surface area contributed by atoms with Crippen molar-refractivity contribution in [2.75, 3.05) is 26.2 Å². The zero-order valence-electron chi connectivity index (χ0n) is 13.7. The smallest absolute Gasteiger partial charge is 0.311 e. The number of aryl methyl sites for hydroxylation is 1. The Hall–Kier alpha value is -1.73. The van der Waals surface area contributed by atoms with Crippen LogP contribution in [-0.4, -0.2) is 51.7 Å². The summed E-state index contributed by atoms with van der Waals surface area (Å²) in [5.41, 5.74) is -0.261. The number of hydrogen-bond donors (Lipinski definition) is 2. The van der Waals surface area contributed by atoms with Gasteiger partial charge in [-0.2, -0.15) is 0 Å². The Morgan fingerprint density at radius 3 is 2.22 bits per heavy atom. The maximum Gasteiger partial charge on any atom is 0.325 e. The second-order valence-electron chi connectivity index (χ2n) is 7.65. The summed E-state index contributed by atoms with van der Waals surface area (Å²) >= 11 is 0. The van der Waals surface area contributed by atoms with Crippen molar-refractivity contribution in [2.24, 2.45) is 10.8 Å². The van der Waals surface area contributed by atoms with Gasteiger partial charge in [0, 0.05) is 31.9 Å². The average molecular weight is 318 g/mol. The van der Waals surface area contributed by atoms with E-state index >= 15 is 0 Å². The number of nitrogens with zero attached hydrogens (tertiary/aromatic N) is 2. The molecule has 1 aromatic rings. The van der Waals surface area contributed by atoms with Crippen LogP contribution in [0, 0.1) is 17.8 Å². The van der Waals surface area contributed by atoms with E-state index in [-0.39, 0.29) is 22.6 Å². The van der Waals surface area contributed by atoms with E-state index in [2.05, 4.69) is 26.7 Å². The van der Waals surface area contributed by atoms with Gasteiger partial charge in [0.2, 0.25) is 0 Å². The molecule has 4 aliphatic rings. The molecule has 4 bridgehead atoms. The van der Waals surface area contributed by atoms with Crippen LogP contribution in [0.2, 0.25) is 0 Å². The molecule has 7 nitrogen and oxygen atoms in total. The Bertz CT molecular complexity index is 792. The van der Waals surface area contributed by atoms with Gasteiger partial charge in [-0.25, -0.2) is 4.79 Å². The first-order chi connectivity index (χ1) is 10.8. The number of rotatable bonds is 2. The quantitative estimate of drug-likeness (QED) is 0.800. The van der Waals surface area contributed by atoms with Crippen molar-refractivity contribution in [1.29, 1.82) is 0 Å². The van der Waals surface area contributed by atoms with Crippen LogP contribution in [-0.2, 0) is 4.79 Å². The number of ketones is 1. The second-order valence-corrected chi connectivity index (χ2v) is 7.65. The highest BCUT2D eigenvalue weighted by Crippen LogP contribution is 2.53. The number of Topliss-reactive ketones (excluding diaryl/α,β-unsaturated/α-hetero) is 1. The Balaban J connectivity index is 1.83. The molecule has 1 aromatic heterocycles. The molecule has 0 radical (unpaired) electrons. The summed E-state index contributed by atoms with van der Waals surface area (Å²) < 4.78 is 0. The Morgan fingerprint density at radius 1 is 1.09 bits per heavy atom. The van der Waals surface area contributed by atoms with Crippen LogP contribution in [0.1, 0.15) is 37.7 Å². The fraction of sp³-hybridized carbons (Fsp3) is 0.688. The van der Waals surface area contributed by atoms with Crippen molar-refractivity contribution in [2.45, 2.75) is 33.4 Å². The van der Waals surface area contributed by atoms with Gasteiger partial charge < -0.3 is 4.98 Å². The Labute approximate surface area is 133 Å². The van der Waals surface area contributed by atoms with E-state index in [1.807, 2.05) is 6.92 Å². The van der Waals surface area contributed by atoms with Gasteiger partial charge in [0.25, 0.3) is 5.56 Å². The van der Waals surface area contributed by atoms with Crippen LogP contribution in [0.5, 0.6) is 0 Å². The molecule has 4 fully saturated rings. The van der Waals surface area contributed by atoms with E-state index in [0.717, 1.165) is 6.42 Å². The SMILES string of the molecule is CCC12CN3CC(C)(CN(C1)C3c1c(C)[nH]c(=O)[nH]c1=O)C2=O. The van der Waals surface area contributed by atoms with Crippen molar-refractivity contribution in [1.82, 2.24) is 19.8 Å². The lowest BCUT2D eigenvalue weighted by atomic mass is 9.60. The number of aromatic amines is 2. The molecule has 23 heavy (non-hydrogen) atoms. The first-order valence-electron chi connectivity index (χ1n) is 8.16. The highest BCUT2D eigenvalue weighted by Gasteiger charge is 2.63. The summed E-state index contributed by atoms with van der Waals surface area (Å²) in [7, 11) is 0. The lowest BCUT2D eigenvalue weighted by Gasteiger charge is -2.65. The molecule has 2 atom stereocenters. The van der Waals surface area contributed by atoms with Gasteiger partial charge in [-0.15, -0.1) is 0 Å². The summed E-state index contributed by atoms with van der Waals surface area (Å²) in [4.78, 5) is 46.3. The highest BCUT2D eigenvalue weighted by molar-refractivity contribution is 5.93. The summed E-state index contributed by atoms with van der Waals surface area (Å²) in [5, 5.41) is 0. The molecule has 0 saturated carbocycles. The first kappa shape index (κ1) is 14.8. The van der Waals surface area contributed by atoms with Gasteiger partial charge in [-0.3, -0.25) is 24.4 Å².